The van der Waals surface area contributed by atoms with E-state index in [0.29, 0.717) is 0 Å². The molecule has 156 valence electrons. The van der Waals surface area contributed by atoms with Crippen LogP contribution in [0.15, 0.2) is 36.4 Å². The molecule has 0 saturated carbocycles. The lowest BCUT2D eigenvalue weighted by molar-refractivity contribution is -0.120. The van der Waals surface area contributed by atoms with E-state index in [0.717, 1.165) is 53.3 Å². The Hall–Kier alpha value is -2.82. The molecule has 1 N–H and O–H groups in total. The van der Waals surface area contributed by atoms with E-state index < -0.39 is 0 Å². The first kappa shape index (κ1) is 22.5. The first-order valence-electron chi connectivity index (χ1n) is 10.3. The van der Waals surface area contributed by atoms with Crippen LogP contribution in [0, 0.1) is 13.8 Å². The minimum atomic E-state index is -0.198. The van der Waals surface area contributed by atoms with Gasteiger partial charge in [-0.3, -0.25) is 9.59 Å². The van der Waals surface area contributed by atoms with Gasteiger partial charge in [0.1, 0.15) is 6.54 Å². The molecular formula is C24H33N3O2. The third-order valence-electron chi connectivity index (χ3n) is 5.29. The maximum absolute atomic E-state index is 12.8. The van der Waals surface area contributed by atoms with Gasteiger partial charge in [-0.15, -0.1) is 0 Å². The first-order chi connectivity index (χ1) is 13.8. The van der Waals surface area contributed by atoms with Crippen molar-refractivity contribution in [2.45, 2.75) is 48.0 Å². The maximum atomic E-state index is 12.8. The predicted molar refractivity (Wildman–Crippen MR) is 122 cm³/mol. The van der Waals surface area contributed by atoms with Crippen molar-refractivity contribution in [2.24, 2.45) is 0 Å². The van der Waals surface area contributed by atoms with Gasteiger partial charge in [0.05, 0.1) is 0 Å². The van der Waals surface area contributed by atoms with E-state index in [4.69, 9.17) is 0 Å². The van der Waals surface area contributed by atoms with E-state index in [1.54, 1.807) is 4.90 Å². The standard InChI is InChI=1S/C24H33N3O2/c1-7-20-12-10-11-17(4)24(20)25-23(29)16-27(19(6)28)22-14-13-21(15-18(22)5)26(8-2)9-3/h10-15H,7-9,16H2,1-6H3,(H,25,29). The first-order valence-corrected chi connectivity index (χ1v) is 10.3. The summed E-state index contributed by atoms with van der Waals surface area (Å²) in [7, 11) is 0. The molecule has 29 heavy (non-hydrogen) atoms. The van der Waals surface area contributed by atoms with Gasteiger partial charge >= 0.3 is 0 Å². The van der Waals surface area contributed by atoms with Crippen molar-refractivity contribution in [3.05, 3.63) is 53.1 Å². The molecule has 2 amide bonds. The van der Waals surface area contributed by atoms with Crippen LogP contribution in [0.1, 0.15) is 44.4 Å². The molecule has 0 heterocycles. The number of benzene rings is 2. The summed E-state index contributed by atoms with van der Waals surface area (Å²) >= 11 is 0. The van der Waals surface area contributed by atoms with Crippen LogP contribution < -0.4 is 15.1 Å². The van der Waals surface area contributed by atoms with Gasteiger partial charge in [-0.05, 0) is 69.0 Å². The van der Waals surface area contributed by atoms with Gasteiger partial charge in [-0.2, -0.15) is 0 Å². The van der Waals surface area contributed by atoms with Crippen LogP contribution in [0.2, 0.25) is 0 Å². The van der Waals surface area contributed by atoms with E-state index >= 15 is 0 Å². The molecule has 0 saturated heterocycles. The molecule has 0 aliphatic carbocycles. The van der Waals surface area contributed by atoms with Gasteiger partial charge in [0, 0.05) is 37.1 Å². The second-order valence-corrected chi connectivity index (χ2v) is 7.26. The largest absolute Gasteiger partial charge is 0.372 e. The average molecular weight is 396 g/mol. The maximum Gasteiger partial charge on any atom is 0.244 e. The Morgan fingerprint density at radius 2 is 1.66 bits per heavy atom. The van der Waals surface area contributed by atoms with Crippen LogP contribution in [0.25, 0.3) is 0 Å². The van der Waals surface area contributed by atoms with E-state index in [9.17, 15) is 9.59 Å². The Bertz CT molecular complexity index is 872. The molecule has 0 fully saturated rings. The van der Waals surface area contributed by atoms with Crippen molar-refractivity contribution in [1.82, 2.24) is 0 Å². The average Bonchev–Trinajstić information content (AvgIpc) is 2.69. The summed E-state index contributed by atoms with van der Waals surface area (Å²) in [6, 6.07) is 12.0. The van der Waals surface area contributed by atoms with Crippen LogP contribution in [0.5, 0.6) is 0 Å². The van der Waals surface area contributed by atoms with Crippen molar-refractivity contribution in [3.63, 3.8) is 0 Å². The summed E-state index contributed by atoms with van der Waals surface area (Å²) in [5.74, 6) is -0.351. The minimum absolute atomic E-state index is 0.0156. The van der Waals surface area contributed by atoms with Crippen molar-refractivity contribution in [1.29, 1.82) is 0 Å². The van der Waals surface area contributed by atoms with Crippen molar-refractivity contribution in [2.75, 3.05) is 34.8 Å². The van der Waals surface area contributed by atoms with Crippen molar-refractivity contribution < 1.29 is 9.59 Å². The summed E-state index contributed by atoms with van der Waals surface area (Å²) in [6.45, 7) is 13.6. The molecule has 0 aliphatic rings. The highest BCUT2D eigenvalue weighted by Gasteiger charge is 2.19. The normalized spacial score (nSPS) is 10.6. The number of rotatable bonds is 8. The lowest BCUT2D eigenvalue weighted by Crippen LogP contribution is -2.37. The summed E-state index contributed by atoms with van der Waals surface area (Å²) in [6.07, 6.45) is 0.833. The second kappa shape index (κ2) is 10.1. The van der Waals surface area contributed by atoms with Crippen molar-refractivity contribution >= 4 is 28.9 Å². The molecule has 2 aromatic rings. The quantitative estimate of drug-likeness (QED) is 0.705. The Morgan fingerprint density at radius 3 is 2.21 bits per heavy atom. The predicted octanol–water partition coefficient (Wildman–Crippen LogP) is 4.70. The Labute approximate surface area is 174 Å². The van der Waals surface area contributed by atoms with E-state index in [1.165, 1.54) is 6.92 Å². The minimum Gasteiger partial charge on any atom is -0.372 e. The van der Waals surface area contributed by atoms with Crippen LogP contribution in [0.3, 0.4) is 0 Å². The number of amides is 2. The summed E-state index contributed by atoms with van der Waals surface area (Å²) < 4.78 is 0. The fourth-order valence-corrected chi connectivity index (χ4v) is 3.62. The van der Waals surface area contributed by atoms with Crippen molar-refractivity contribution in [3.8, 4) is 0 Å². The third-order valence-corrected chi connectivity index (χ3v) is 5.29. The SMILES string of the molecule is CCc1cccc(C)c1NC(=O)CN(C(C)=O)c1ccc(N(CC)CC)cc1C. The molecule has 0 radical (unpaired) electrons. The fraction of sp³-hybridized carbons (Fsp3) is 0.417. The smallest absolute Gasteiger partial charge is 0.244 e. The molecule has 0 spiro atoms. The molecule has 2 rings (SSSR count). The number of anilines is 3. The van der Waals surface area contributed by atoms with Gasteiger partial charge < -0.3 is 15.1 Å². The molecule has 0 unspecified atom stereocenters. The third kappa shape index (κ3) is 5.37. The molecule has 0 aromatic heterocycles. The van der Waals surface area contributed by atoms with Crippen LogP contribution >= 0.6 is 0 Å². The summed E-state index contributed by atoms with van der Waals surface area (Å²) in [5, 5.41) is 3.01. The summed E-state index contributed by atoms with van der Waals surface area (Å²) in [5.41, 5.74) is 5.82. The van der Waals surface area contributed by atoms with Crippen LogP contribution in [-0.2, 0) is 16.0 Å². The molecule has 0 aliphatic heterocycles. The highest BCUT2D eigenvalue weighted by Crippen LogP contribution is 2.26. The molecular weight excluding hydrogens is 362 g/mol. The van der Waals surface area contributed by atoms with Gasteiger partial charge in [0.25, 0.3) is 0 Å². The highest BCUT2D eigenvalue weighted by atomic mass is 16.2. The summed E-state index contributed by atoms with van der Waals surface area (Å²) in [4.78, 5) is 28.9. The van der Waals surface area contributed by atoms with Gasteiger partial charge in [-0.1, -0.05) is 25.1 Å². The number of carbonyl (C=O) groups is 2. The highest BCUT2D eigenvalue weighted by molar-refractivity contribution is 6.02. The lowest BCUT2D eigenvalue weighted by Gasteiger charge is -2.26. The molecule has 5 nitrogen and oxygen atoms in total. The number of para-hydroxylation sites is 1. The molecule has 0 atom stereocenters. The van der Waals surface area contributed by atoms with E-state index in [-0.39, 0.29) is 18.4 Å². The van der Waals surface area contributed by atoms with E-state index in [1.807, 2.05) is 44.2 Å². The molecule has 5 heteroatoms. The number of carbonyl (C=O) groups excluding carboxylic acids is 2. The zero-order valence-electron chi connectivity index (χ0n) is 18.5. The number of hydrogen-bond acceptors (Lipinski definition) is 3. The van der Waals surface area contributed by atoms with E-state index in [2.05, 4.69) is 37.1 Å². The van der Waals surface area contributed by atoms with Crippen LogP contribution in [-0.4, -0.2) is 31.4 Å². The number of nitrogens with zero attached hydrogens (tertiary/aromatic N) is 2. The number of nitrogens with one attached hydrogen (secondary N) is 1. The Morgan fingerprint density at radius 1 is 0.966 bits per heavy atom. The second-order valence-electron chi connectivity index (χ2n) is 7.26. The van der Waals surface area contributed by atoms with Gasteiger partial charge in [0.15, 0.2) is 0 Å². The number of aryl methyl sites for hydroxylation is 3. The monoisotopic (exact) mass is 395 g/mol. The number of hydrogen-bond donors (Lipinski definition) is 1. The molecule has 0 bridgehead atoms. The Balaban J connectivity index is 2.25. The zero-order valence-corrected chi connectivity index (χ0v) is 18.5. The fourth-order valence-electron chi connectivity index (χ4n) is 3.62. The van der Waals surface area contributed by atoms with Gasteiger partial charge in [-0.25, -0.2) is 0 Å². The topological polar surface area (TPSA) is 52.7 Å². The molecule has 2 aromatic carbocycles. The lowest BCUT2D eigenvalue weighted by atomic mass is 10.1. The van der Waals surface area contributed by atoms with Crippen LogP contribution in [0.4, 0.5) is 17.1 Å². The zero-order chi connectivity index (χ0) is 21.6. The Kier molecular flexibility index (Phi) is 7.82. The van der Waals surface area contributed by atoms with Gasteiger partial charge in [0.2, 0.25) is 11.8 Å².